The molecule has 1 heterocycles. The first kappa shape index (κ1) is 18.9. The molecule has 1 fully saturated rings. The van der Waals surface area contributed by atoms with Gasteiger partial charge in [-0.25, -0.2) is 0 Å². The Hall–Kier alpha value is -2.88. The number of aliphatic hydroxyl groups is 1. The number of aliphatic hydroxyl groups excluding tert-OH is 1. The molecule has 140 valence electrons. The fourth-order valence-corrected chi connectivity index (χ4v) is 3.29. The summed E-state index contributed by atoms with van der Waals surface area (Å²) in [7, 11) is 0. The zero-order chi connectivity index (χ0) is 19.2. The van der Waals surface area contributed by atoms with Gasteiger partial charge in [-0.2, -0.15) is 5.26 Å². The molecule has 1 atom stereocenters. The molecule has 0 spiro atoms. The first-order chi connectivity index (χ1) is 13.1. The van der Waals surface area contributed by atoms with Crippen molar-refractivity contribution in [3.63, 3.8) is 0 Å². The number of benzene rings is 2. The van der Waals surface area contributed by atoms with Crippen molar-refractivity contribution in [1.82, 2.24) is 4.90 Å². The predicted octanol–water partition coefficient (Wildman–Crippen LogP) is 2.17. The average molecular weight is 365 g/mol. The van der Waals surface area contributed by atoms with Gasteiger partial charge in [-0.1, -0.05) is 30.3 Å². The summed E-state index contributed by atoms with van der Waals surface area (Å²) in [5.74, 6) is 0.702. The van der Waals surface area contributed by atoms with Crippen molar-refractivity contribution >= 4 is 11.6 Å². The highest BCUT2D eigenvalue weighted by atomic mass is 16.5. The molecule has 0 bridgehead atoms. The normalized spacial score (nSPS) is 17.6. The maximum Gasteiger partial charge on any atom is 0.241 e. The monoisotopic (exact) mass is 365 g/mol. The van der Waals surface area contributed by atoms with E-state index in [0.29, 0.717) is 24.3 Å². The van der Waals surface area contributed by atoms with E-state index in [-0.39, 0.29) is 31.7 Å². The van der Waals surface area contributed by atoms with Crippen molar-refractivity contribution in [2.24, 2.45) is 0 Å². The highest BCUT2D eigenvalue weighted by molar-refractivity contribution is 5.96. The van der Waals surface area contributed by atoms with E-state index >= 15 is 0 Å². The average Bonchev–Trinajstić information content (AvgIpc) is 2.69. The lowest BCUT2D eigenvalue weighted by Gasteiger charge is -2.39. The van der Waals surface area contributed by atoms with Crippen molar-refractivity contribution in [3.05, 3.63) is 59.7 Å². The van der Waals surface area contributed by atoms with Crippen LogP contribution in [0.2, 0.25) is 0 Å². The second-order valence-electron chi connectivity index (χ2n) is 6.57. The molecule has 1 amide bonds. The molecular weight excluding hydrogens is 342 g/mol. The van der Waals surface area contributed by atoms with Gasteiger partial charge in [0.2, 0.25) is 5.91 Å². The number of nitrogens with zero attached hydrogens (tertiary/aromatic N) is 3. The summed E-state index contributed by atoms with van der Waals surface area (Å²) in [6.07, 6.45) is 0. The zero-order valence-electron chi connectivity index (χ0n) is 15.3. The van der Waals surface area contributed by atoms with E-state index in [2.05, 4.69) is 17.9 Å². The largest absolute Gasteiger partial charge is 0.491 e. The summed E-state index contributed by atoms with van der Waals surface area (Å²) in [5, 5.41) is 18.3. The van der Waals surface area contributed by atoms with Gasteiger partial charge in [0.25, 0.3) is 0 Å². The van der Waals surface area contributed by atoms with E-state index in [1.165, 1.54) is 0 Å². The second-order valence-corrected chi connectivity index (χ2v) is 6.57. The van der Waals surface area contributed by atoms with Crippen molar-refractivity contribution < 1.29 is 14.6 Å². The molecule has 0 aromatic heterocycles. The van der Waals surface area contributed by atoms with Gasteiger partial charge in [0, 0.05) is 24.7 Å². The molecule has 6 heteroatoms. The molecule has 27 heavy (non-hydrogen) atoms. The van der Waals surface area contributed by atoms with Crippen LogP contribution >= 0.6 is 0 Å². The third kappa shape index (κ3) is 4.27. The molecular formula is C21H23N3O3. The Morgan fingerprint density at radius 1 is 1.22 bits per heavy atom. The first-order valence-electron chi connectivity index (χ1n) is 8.99. The molecule has 2 aromatic rings. The second kappa shape index (κ2) is 8.67. The van der Waals surface area contributed by atoms with Crippen LogP contribution in [0.1, 0.15) is 18.1 Å². The van der Waals surface area contributed by atoms with Crippen LogP contribution in [-0.2, 0) is 11.3 Å². The number of carbonyl (C=O) groups is 1. The SMILES string of the molecule is C[C@H]1CN(c2ccccc2C#N)C(=O)CN1Cc1ccccc1OCCO. The Kier molecular flexibility index (Phi) is 6.07. The minimum Gasteiger partial charge on any atom is -0.491 e. The minimum absolute atomic E-state index is 0.0236. The highest BCUT2D eigenvalue weighted by Crippen LogP contribution is 2.26. The third-order valence-electron chi connectivity index (χ3n) is 4.72. The van der Waals surface area contributed by atoms with Gasteiger partial charge < -0.3 is 14.7 Å². The van der Waals surface area contributed by atoms with Gasteiger partial charge in [0.05, 0.1) is 24.4 Å². The number of amides is 1. The summed E-state index contributed by atoms with van der Waals surface area (Å²) >= 11 is 0. The van der Waals surface area contributed by atoms with Crippen molar-refractivity contribution in [3.8, 4) is 11.8 Å². The van der Waals surface area contributed by atoms with Crippen LogP contribution in [0.3, 0.4) is 0 Å². The number of hydrogen-bond acceptors (Lipinski definition) is 5. The van der Waals surface area contributed by atoms with E-state index in [1.54, 1.807) is 17.0 Å². The van der Waals surface area contributed by atoms with Crippen LogP contribution in [0.4, 0.5) is 5.69 Å². The standard InChI is InChI=1S/C21H23N3O3/c1-16-13-24(19-8-4-2-6-17(19)12-22)21(26)15-23(16)14-18-7-3-5-9-20(18)27-11-10-25/h2-9,16,25H,10-11,13-15H2,1H3/t16-/m0/s1. The molecule has 1 saturated heterocycles. The molecule has 0 radical (unpaired) electrons. The van der Waals surface area contributed by atoms with Gasteiger partial charge in [-0.15, -0.1) is 0 Å². The number of piperazine rings is 1. The summed E-state index contributed by atoms with van der Waals surface area (Å²) in [6, 6.07) is 17.2. The molecule has 6 nitrogen and oxygen atoms in total. The molecule has 1 aliphatic heterocycles. The molecule has 2 aromatic carbocycles. The maximum absolute atomic E-state index is 12.8. The lowest BCUT2D eigenvalue weighted by Crippen LogP contribution is -2.55. The molecule has 1 aliphatic rings. The van der Waals surface area contributed by atoms with E-state index < -0.39 is 0 Å². The summed E-state index contributed by atoms with van der Waals surface area (Å²) in [4.78, 5) is 16.6. The Labute approximate surface area is 159 Å². The van der Waals surface area contributed by atoms with Gasteiger partial charge in [0.1, 0.15) is 18.4 Å². The van der Waals surface area contributed by atoms with E-state index in [4.69, 9.17) is 9.84 Å². The number of carbonyl (C=O) groups excluding carboxylic acids is 1. The molecule has 0 aliphatic carbocycles. The highest BCUT2D eigenvalue weighted by Gasteiger charge is 2.31. The van der Waals surface area contributed by atoms with Crippen LogP contribution in [-0.4, -0.2) is 48.3 Å². The van der Waals surface area contributed by atoms with Crippen LogP contribution < -0.4 is 9.64 Å². The lowest BCUT2D eigenvalue weighted by atomic mass is 10.1. The quantitative estimate of drug-likeness (QED) is 0.849. The number of para-hydroxylation sites is 2. The van der Waals surface area contributed by atoms with Crippen LogP contribution in [0.15, 0.2) is 48.5 Å². The Morgan fingerprint density at radius 2 is 1.96 bits per heavy atom. The first-order valence-corrected chi connectivity index (χ1v) is 8.99. The van der Waals surface area contributed by atoms with Crippen LogP contribution in [0, 0.1) is 11.3 Å². The van der Waals surface area contributed by atoms with E-state index in [1.807, 2.05) is 36.4 Å². The summed E-state index contributed by atoms with van der Waals surface area (Å²) in [6.45, 7) is 3.66. The smallest absolute Gasteiger partial charge is 0.241 e. The van der Waals surface area contributed by atoms with Crippen molar-refractivity contribution in [2.45, 2.75) is 19.5 Å². The van der Waals surface area contributed by atoms with Gasteiger partial charge in [0.15, 0.2) is 0 Å². The molecule has 3 rings (SSSR count). The lowest BCUT2D eigenvalue weighted by molar-refractivity contribution is -0.122. The summed E-state index contributed by atoms with van der Waals surface area (Å²) < 4.78 is 5.60. The number of ether oxygens (including phenoxy) is 1. The zero-order valence-corrected chi connectivity index (χ0v) is 15.3. The van der Waals surface area contributed by atoms with Crippen molar-refractivity contribution in [1.29, 1.82) is 5.26 Å². The van der Waals surface area contributed by atoms with E-state index in [9.17, 15) is 10.1 Å². The maximum atomic E-state index is 12.8. The van der Waals surface area contributed by atoms with Crippen LogP contribution in [0.5, 0.6) is 5.75 Å². The van der Waals surface area contributed by atoms with Gasteiger partial charge in [-0.05, 0) is 25.1 Å². The number of anilines is 1. The van der Waals surface area contributed by atoms with Crippen molar-refractivity contribution in [2.75, 3.05) is 31.2 Å². The Bertz CT molecular complexity index is 847. The fraction of sp³-hybridized carbons (Fsp3) is 0.333. The topological polar surface area (TPSA) is 76.8 Å². The van der Waals surface area contributed by atoms with E-state index in [0.717, 1.165) is 11.3 Å². The third-order valence-corrected chi connectivity index (χ3v) is 4.72. The predicted molar refractivity (Wildman–Crippen MR) is 102 cm³/mol. The Balaban J connectivity index is 1.75. The van der Waals surface area contributed by atoms with Gasteiger partial charge >= 0.3 is 0 Å². The fourth-order valence-electron chi connectivity index (χ4n) is 3.29. The molecule has 0 saturated carbocycles. The van der Waals surface area contributed by atoms with Crippen LogP contribution in [0.25, 0.3) is 0 Å². The Morgan fingerprint density at radius 3 is 2.74 bits per heavy atom. The number of hydrogen-bond donors (Lipinski definition) is 1. The molecule has 0 unspecified atom stereocenters. The summed E-state index contributed by atoms with van der Waals surface area (Å²) in [5.41, 5.74) is 2.16. The van der Waals surface area contributed by atoms with Gasteiger partial charge in [-0.3, -0.25) is 9.69 Å². The number of rotatable bonds is 6. The number of nitriles is 1. The molecule has 1 N–H and O–H groups in total. The minimum atomic E-state index is -0.0415.